The van der Waals surface area contributed by atoms with E-state index in [4.69, 9.17) is 32.5 Å². The van der Waals surface area contributed by atoms with Gasteiger partial charge in [-0.05, 0) is 79.7 Å². The Bertz CT molecular complexity index is 1520. The van der Waals surface area contributed by atoms with Gasteiger partial charge in [0.25, 0.3) is 10.0 Å². The molecule has 0 radical (unpaired) electrons. The van der Waals surface area contributed by atoms with E-state index in [1.807, 2.05) is 45.9 Å². The Morgan fingerprint density at radius 3 is 1.92 bits per heavy atom. The van der Waals surface area contributed by atoms with Crippen LogP contribution in [0.4, 0.5) is 5.69 Å². The molecule has 1 atom stereocenters. The second-order valence-electron chi connectivity index (χ2n) is 11.9. The molecule has 0 bridgehead atoms. The van der Waals surface area contributed by atoms with Gasteiger partial charge in [-0.2, -0.15) is 0 Å². The smallest absolute Gasteiger partial charge is 0.480 e. The summed E-state index contributed by atoms with van der Waals surface area (Å²) in [5.41, 5.74) is -0.924. The first-order valence-corrected chi connectivity index (χ1v) is 14.7. The van der Waals surface area contributed by atoms with Gasteiger partial charge in [0.2, 0.25) is 0 Å². The SMILES string of the molecule is CC(C)(C)C(C(=O)O)N(c1ccc2cc(B3OC(C)(C)C(C)(C)O3)ccc2c1)S(=O)(=O)c1cc(Cl)cc(Cl)c1. The van der Waals surface area contributed by atoms with Crippen molar-refractivity contribution in [2.24, 2.45) is 5.41 Å². The number of hydrogen-bond acceptors (Lipinski definition) is 5. The molecule has 1 aliphatic heterocycles. The van der Waals surface area contributed by atoms with Gasteiger partial charge in [0.05, 0.1) is 21.8 Å². The van der Waals surface area contributed by atoms with Crippen LogP contribution in [0.3, 0.4) is 0 Å². The van der Waals surface area contributed by atoms with Gasteiger partial charge in [0.1, 0.15) is 6.04 Å². The molecule has 0 aromatic heterocycles. The number of rotatable bonds is 6. The molecule has 0 amide bonds. The second-order valence-corrected chi connectivity index (χ2v) is 14.6. The summed E-state index contributed by atoms with van der Waals surface area (Å²) in [7, 11) is -4.95. The Hall–Kier alpha value is -2.30. The van der Waals surface area contributed by atoms with E-state index < -0.39 is 45.8 Å². The van der Waals surface area contributed by atoms with Crippen molar-refractivity contribution >= 4 is 68.2 Å². The van der Waals surface area contributed by atoms with E-state index in [1.165, 1.54) is 18.2 Å². The van der Waals surface area contributed by atoms with Gasteiger partial charge in [-0.3, -0.25) is 4.31 Å². The fourth-order valence-electron chi connectivity index (χ4n) is 4.55. The minimum absolute atomic E-state index is 0.123. The summed E-state index contributed by atoms with van der Waals surface area (Å²) in [4.78, 5) is 12.3. The molecular formula is C28H32BCl2NO6S. The highest BCUT2D eigenvalue weighted by molar-refractivity contribution is 7.93. The van der Waals surface area contributed by atoms with Crippen LogP contribution in [0, 0.1) is 5.41 Å². The van der Waals surface area contributed by atoms with Crippen LogP contribution in [-0.4, -0.2) is 43.9 Å². The van der Waals surface area contributed by atoms with Crippen LogP contribution in [0.1, 0.15) is 48.5 Å². The topological polar surface area (TPSA) is 93.1 Å². The van der Waals surface area contributed by atoms with Crippen molar-refractivity contribution < 1.29 is 27.6 Å². The third-order valence-electron chi connectivity index (χ3n) is 7.31. The first kappa shape index (κ1) is 29.7. The number of carbonyl (C=O) groups is 1. The molecule has 3 aromatic rings. The zero-order valence-electron chi connectivity index (χ0n) is 23.0. The molecule has 0 aliphatic carbocycles. The zero-order valence-corrected chi connectivity index (χ0v) is 25.3. The van der Waals surface area contributed by atoms with Crippen molar-refractivity contribution in [2.75, 3.05) is 4.31 Å². The summed E-state index contributed by atoms with van der Waals surface area (Å²) in [6, 6.07) is 13.2. The van der Waals surface area contributed by atoms with Gasteiger partial charge >= 0.3 is 13.1 Å². The van der Waals surface area contributed by atoms with Gasteiger partial charge in [0, 0.05) is 10.0 Å². The highest BCUT2D eigenvalue weighted by Gasteiger charge is 2.51. The quantitative estimate of drug-likeness (QED) is 0.346. The van der Waals surface area contributed by atoms with Crippen molar-refractivity contribution in [2.45, 2.75) is 70.6 Å². The number of aliphatic carboxylic acids is 1. The van der Waals surface area contributed by atoms with Gasteiger partial charge in [-0.15, -0.1) is 0 Å². The lowest BCUT2D eigenvalue weighted by molar-refractivity contribution is -0.140. The maximum Gasteiger partial charge on any atom is 0.494 e. The first-order chi connectivity index (χ1) is 17.8. The Morgan fingerprint density at radius 1 is 0.897 bits per heavy atom. The molecule has 0 saturated carbocycles. The Labute approximate surface area is 240 Å². The van der Waals surface area contributed by atoms with Gasteiger partial charge in [0.15, 0.2) is 0 Å². The summed E-state index contributed by atoms with van der Waals surface area (Å²) in [5, 5.41) is 12.0. The van der Waals surface area contributed by atoms with E-state index in [2.05, 4.69) is 0 Å². The van der Waals surface area contributed by atoms with Crippen LogP contribution < -0.4 is 9.77 Å². The van der Waals surface area contributed by atoms with Crippen molar-refractivity contribution in [3.8, 4) is 0 Å². The molecular weight excluding hydrogens is 560 g/mol. The van der Waals surface area contributed by atoms with Gasteiger partial charge in [-0.1, -0.05) is 68.2 Å². The molecule has 3 aromatic carbocycles. The molecule has 0 spiro atoms. The highest BCUT2D eigenvalue weighted by atomic mass is 35.5. The number of benzene rings is 3. The molecule has 1 aliphatic rings. The van der Waals surface area contributed by atoms with Gasteiger partial charge in [-0.25, -0.2) is 13.2 Å². The van der Waals surface area contributed by atoms with Crippen LogP contribution in [-0.2, 0) is 24.1 Å². The van der Waals surface area contributed by atoms with Crippen molar-refractivity contribution in [3.05, 3.63) is 64.6 Å². The molecule has 4 rings (SSSR count). The maximum atomic E-state index is 14.0. The number of anilines is 1. The molecule has 208 valence electrons. The molecule has 1 saturated heterocycles. The fourth-order valence-corrected chi connectivity index (χ4v) is 7.06. The predicted molar refractivity (Wildman–Crippen MR) is 157 cm³/mol. The van der Waals surface area contributed by atoms with E-state index in [9.17, 15) is 18.3 Å². The maximum absolute atomic E-state index is 14.0. The largest absolute Gasteiger partial charge is 0.494 e. The third kappa shape index (κ3) is 5.65. The van der Waals surface area contributed by atoms with E-state index in [-0.39, 0.29) is 20.6 Å². The molecule has 7 nitrogen and oxygen atoms in total. The lowest BCUT2D eigenvalue weighted by atomic mass is 9.78. The Kier molecular flexibility index (Phi) is 7.58. The summed E-state index contributed by atoms with van der Waals surface area (Å²) in [5.74, 6) is -1.28. The second kappa shape index (κ2) is 9.96. The van der Waals surface area contributed by atoms with E-state index in [0.29, 0.717) is 0 Å². The standard InChI is InChI=1S/C28H32BCl2NO6S/c1-26(2,3)24(25(33)34)32(39(35,36)23-15-20(30)14-21(31)16-23)22-11-9-17-12-19(10-8-18(17)13-22)29-37-27(4,5)28(6,7)38-29/h8-16,24H,1-7H3,(H,33,34). The minimum Gasteiger partial charge on any atom is -0.480 e. The molecule has 11 heteroatoms. The molecule has 1 unspecified atom stereocenters. The van der Waals surface area contributed by atoms with Crippen LogP contribution >= 0.6 is 23.2 Å². The lowest BCUT2D eigenvalue weighted by Crippen LogP contribution is -2.52. The summed E-state index contributed by atoms with van der Waals surface area (Å²) in [6.45, 7) is 13.0. The monoisotopic (exact) mass is 591 g/mol. The normalized spacial score (nSPS) is 17.8. The number of carboxylic acids is 1. The number of fused-ring (bicyclic) bond motifs is 1. The number of halogens is 2. The number of hydrogen-bond donors (Lipinski definition) is 1. The first-order valence-electron chi connectivity index (χ1n) is 12.5. The fraction of sp³-hybridized carbons (Fsp3) is 0.393. The molecule has 1 N–H and O–H groups in total. The van der Waals surface area contributed by atoms with E-state index >= 15 is 0 Å². The van der Waals surface area contributed by atoms with Crippen LogP contribution in [0.2, 0.25) is 10.0 Å². The van der Waals surface area contributed by atoms with Gasteiger partial charge < -0.3 is 14.4 Å². The highest BCUT2D eigenvalue weighted by Crippen LogP contribution is 2.38. The lowest BCUT2D eigenvalue weighted by Gasteiger charge is -2.38. The van der Waals surface area contributed by atoms with Crippen molar-refractivity contribution in [1.82, 2.24) is 0 Å². The van der Waals surface area contributed by atoms with Crippen LogP contribution in [0.25, 0.3) is 10.8 Å². The predicted octanol–water partition coefficient (Wildman–Crippen LogP) is 6.14. The molecule has 1 fully saturated rings. The van der Waals surface area contributed by atoms with Crippen LogP contribution in [0.15, 0.2) is 59.5 Å². The number of carboxylic acid groups (broad SMARTS) is 1. The zero-order chi connectivity index (χ0) is 29.1. The minimum atomic E-state index is -4.40. The average molecular weight is 592 g/mol. The number of sulfonamides is 1. The summed E-state index contributed by atoms with van der Waals surface area (Å²) < 4.78 is 41.3. The van der Waals surface area contributed by atoms with Crippen LogP contribution in [0.5, 0.6) is 0 Å². The van der Waals surface area contributed by atoms with E-state index in [1.54, 1.807) is 39.0 Å². The average Bonchev–Trinajstić information content (AvgIpc) is 3.01. The van der Waals surface area contributed by atoms with Crippen molar-refractivity contribution in [1.29, 1.82) is 0 Å². The number of nitrogens with zero attached hydrogens (tertiary/aromatic N) is 1. The van der Waals surface area contributed by atoms with E-state index in [0.717, 1.165) is 20.5 Å². The molecule has 1 heterocycles. The summed E-state index contributed by atoms with van der Waals surface area (Å²) in [6.07, 6.45) is 0. The van der Waals surface area contributed by atoms with Crippen molar-refractivity contribution in [3.63, 3.8) is 0 Å². The summed E-state index contributed by atoms with van der Waals surface area (Å²) >= 11 is 12.2. The Morgan fingerprint density at radius 2 is 1.41 bits per heavy atom. The molecule has 39 heavy (non-hydrogen) atoms. The third-order valence-corrected chi connectivity index (χ3v) is 9.52. The Balaban J connectivity index is 1.84.